The summed E-state index contributed by atoms with van der Waals surface area (Å²) in [6.45, 7) is 2.06. The number of anilines is 2. The Morgan fingerprint density at radius 2 is 2.00 bits per heavy atom. The van der Waals surface area contributed by atoms with Gasteiger partial charge in [0.05, 0.1) is 0 Å². The molecule has 0 aromatic heterocycles. The van der Waals surface area contributed by atoms with Gasteiger partial charge in [-0.05, 0) is 30.2 Å². The summed E-state index contributed by atoms with van der Waals surface area (Å²) < 4.78 is 0. The Labute approximate surface area is 60.8 Å². The zero-order valence-electron chi connectivity index (χ0n) is 6.09. The minimum Gasteiger partial charge on any atom is -0.399 e. The first-order valence-electron chi connectivity index (χ1n) is 3.38. The lowest BCUT2D eigenvalue weighted by Gasteiger charge is -2.02. The van der Waals surface area contributed by atoms with Gasteiger partial charge in [0.15, 0.2) is 0 Å². The highest BCUT2D eigenvalue weighted by Gasteiger charge is 1.94. The smallest absolute Gasteiger partial charge is 0.0347 e. The molecular formula is C8H12N2. The van der Waals surface area contributed by atoms with E-state index in [2.05, 4.69) is 6.92 Å². The average molecular weight is 136 g/mol. The largest absolute Gasteiger partial charge is 0.399 e. The van der Waals surface area contributed by atoms with Crippen molar-refractivity contribution in [3.8, 4) is 0 Å². The predicted molar refractivity (Wildman–Crippen MR) is 44.6 cm³/mol. The van der Waals surface area contributed by atoms with Crippen molar-refractivity contribution in [2.45, 2.75) is 13.3 Å². The topological polar surface area (TPSA) is 52.0 Å². The number of benzene rings is 1. The highest BCUT2D eigenvalue weighted by molar-refractivity contribution is 5.55. The number of rotatable bonds is 1. The van der Waals surface area contributed by atoms with Crippen LogP contribution >= 0.6 is 0 Å². The zero-order chi connectivity index (χ0) is 7.56. The van der Waals surface area contributed by atoms with Crippen LogP contribution in [-0.2, 0) is 6.42 Å². The molecule has 0 spiro atoms. The Balaban J connectivity index is 3.09. The van der Waals surface area contributed by atoms with Crippen molar-refractivity contribution in [3.63, 3.8) is 0 Å². The maximum Gasteiger partial charge on any atom is 0.0347 e. The molecule has 0 unspecified atom stereocenters. The van der Waals surface area contributed by atoms with Gasteiger partial charge in [0.2, 0.25) is 0 Å². The van der Waals surface area contributed by atoms with Gasteiger partial charge in [-0.3, -0.25) is 0 Å². The van der Waals surface area contributed by atoms with Gasteiger partial charge in [0.25, 0.3) is 0 Å². The van der Waals surface area contributed by atoms with Crippen LogP contribution in [0.1, 0.15) is 12.5 Å². The minimum absolute atomic E-state index is 0.783. The van der Waals surface area contributed by atoms with Gasteiger partial charge in [0.1, 0.15) is 0 Å². The first-order chi connectivity index (χ1) is 4.74. The van der Waals surface area contributed by atoms with Crippen LogP contribution in [0.5, 0.6) is 0 Å². The van der Waals surface area contributed by atoms with E-state index in [1.165, 1.54) is 0 Å². The molecule has 0 bridgehead atoms. The van der Waals surface area contributed by atoms with E-state index in [-0.39, 0.29) is 0 Å². The molecule has 0 radical (unpaired) electrons. The lowest BCUT2D eigenvalue weighted by molar-refractivity contribution is 1.15. The molecule has 0 saturated heterocycles. The van der Waals surface area contributed by atoms with Gasteiger partial charge >= 0.3 is 0 Å². The first-order valence-corrected chi connectivity index (χ1v) is 3.38. The van der Waals surface area contributed by atoms with Crippen LogP contribution in [0.4, 0.5) is 11.4 Å². The molecule has 0 saturated carbocycles. The van der Waals surface area contributed by atoms with Gasteiger partial charge in [-0.1, -0.05) is 6.92 Å². The van der Waals surface area contributed by atoms with Crippen molar-refractivity contribution in [1.82, 2.24) is 0 Å². The number of nitrogen functional groups attached to an aromatic ring is 2. The summed E-state index contributed by atoms with van der Waals surface area (Å²) in [7, 11) is 0. The molecule has 1 rings (SSSR count). The molecule has 1 aromatic rings. The Hall–Kier alpha value is -1.18. The quantitative estimate of drug-likeness (QED) is 0.573. The Kier molecular flexibility index (Phi) is 1.81. The molecule has 54 valence electrons. The summed E-state index contributed by atoms with van der Waals surface area (Å²) in [4.78, 5) is 0. The van der Waals surface area contributed by atoms with Crippen LogP contribution in [-0.4, -0.2) is 0 Å². The lowest BCUT2D eigenvalue weighted by Crippen LogP contribution is -1.94. The summed E-state index contributed by atoms with van der Waals surface area (Å²) in [6.07, 6.45) is 0.941. The molecule has 2 nitrogen and oxygen atoms in total. The monoisotopic (exact) mass is 136 g/mol. The molecule has 1 aromatic carbocycles. The van der Waals surface area contributed by atoms with Crippen molar-refractivity contribution >= 4 is 11.4 Å². The zero-order valence-corrected chi connectivity index (χ0v) is 6.09. The van der Waals surface area contributed by atoms with E-state index in [4.69, 9.17) is 11.5 Å². The second-order valence-corrected chi connectivity index (χ2v) is 2.31. The number of nitrogens with two attached hydrogens (primary N) is 2. The van der Waals surface area contributed by atoms with E-state index in [9.17, 15) is 0 Å². The third kappa shape index (κ3) is 1.21. The normalized spacial score (nSPS) is 9.70. The van der Waals surface area contributed by atoms with Crippen LogP contribution in [0, 0.1) is 0 Å². The van der Waals surface area contributed by atoms with Crippen LogP contribution in [0.3, 0.4) is 0 Å². The molecular weight excluding hydrogens is 124 g/mol. The molecule has 0 amide bonds. The Morgan fingerprint density at radius 3 is 2.50 bits per heavy atom. The van der Waals surface area contributed by atoms with Gasteiger partial charge in [-0.15, -0.1) is 0 Å². The van der Waals surface area contributed by atoms with E-state index >= 15 is 0 Å². The molecule has 10 heavy (non-hydrogen) atoms. The second-order valence-electron chi connectivity index (χ2n) is 2.31. The third-order valence-electron chi connectivity index (χ3n) is 1.55. The summed E-state index contributed by atoms with van der Waals surface area (Å²) in [5.41, 5.74) is 13.9. The summed E-state index contributed by atoms with van der Waals surface area (Å²) >= 11 is 0. The van der Waals surface area contributed by atoms with E-state index in [1.807, 2.05) is 18.2 Å². The first kappa shape index (κ1) is 6.93. The van der Waals surface area contributed by atoms with E-state index in [0.717, 1.165) is 23.4 Å². The van der Waals surface area contributed by atoms with Gasteiger partial charge in [-0.2, -0.15) is 0 Å². The maximum absolute atomic E-state index is 5.64. The maximum atomic E-state index is 5.64. The Morgan fingerprint density at radius 1 is 1.30 bits per heavy atom. The van der Waals surface area contributed by atoms with Crippen LogP contribution in [0.25, 0.3) is 0 Å². The van der Waals surface area contributed by atoms with Crippen molar-refractivity contribution in [1.29, 1.82) is 0 Å². The van der Waals surface area contributed by atoms with E-state index < -0.39 is 0 Å². The molecule has 0 aliphatic rings. The molecule has 0 aliphatic carbocycles. The van der Waals surface area contributed by atoms with E-state index in [1.54, 1.807) is 0 Å². The second kappa shape index (κ2) is 2.60. The summed E-state index contributed by atoms with van der Waals surface area (Å²) in [5, 5.41) is 0. The van der Waals surface area contributed by atoms with Crippen molar-refractivity contribution in [3.05, 3.63) is 23.8 Å². The van der Waals surface area contributed by atoms with Gasteiger partial charge < -0.3 is 11.5 Å². The fourth-order valence-corrected chi connectivity index (χ4v) is 0.932. The van der Waals surface area contributed by atoms with Gasteiger partial charge in [0, 0.05) is 11.4 Å². The molecule has 0 aliphatic heterocycles. The lowest BCUT2D eigenvalue weighted by atomic mass is 10.1. The summed E-state index contributed by atoms with van der Waals surface area (Å²) in [6, 6.07) is 5.57. The van der Waals surface area contributed by atoms with Crippen LogP contribution in [0.2, 0.25) is 0 Å². The van der Waals surface area contributed by atoms with E-state index in [0.29, 0.717) is 0 Å². The fraction of sp³-hybridized carbons (Fsp3) is 0.250. The van der Waals surface area contributed by atoms with Gasteiger partial charge in [-0.25, -0.2) is 0 Å². The molecule has 4 N–H and O–H groups in total. The average Bonchev–Trinajstić information content (AvgIpc) is 1.94. The third-order valence-corrected chi connectivity index (χ3v) is 1.55. The number of hydrogen-bond donors (Lipinski definition) is 2. The van der Waals surface area contributed by atoms with Crippen LogP contribution < -0.4 is 11.5 Å². The van der Waals surface area contributed by atoms with Crippen molar-refractivity contribution in [2.24, 2.45) is 0 Å². The van der Waals surface area contributed by atoms with Crippen molar-refractivity contribution in [2.75, 3.05) is 11.5 Å². The standard InChI is InChI=1S/C8H12N2/c1-2-6-5-7(9)3-4-8(6)10/h3-5H,2,9-10H2,1H3. The molecule has 2 heteroatoms. The summed E-state index contributed by atoms with van der Waals surface area (Å²) in [5.74, 6) is 0. The minimum atomic E-state index is 0.783. The Bertz CT molecular complexity index is 231. The molecule has 0 atom stereocenters. The number of aryl methyl sites for hydroxylation is 1. The molecule has 0 fully saturated rings. The SMILES string of the molecule is CCc1cc(N)ccc1N. The predicted octanol–water partition coefficient (Wildman–Crippen LogP) is 1.41. The number of hydrogen-bond acceptors (Lipinski definition) is 2. The highest BCUT2D eigenvalue weighted by atomic mass is 14.6. The van der Waals surface area contributed by atoms with Crippen molar-refractivity contribution < 1.29 is 0 Å². The highest BCUT2D eigenvalue weighted by Crippen LogP contribution is 2.15. The van der Waals surface area contributed by atoms with Crippen LogP contribution in [0.15, 0.2) is 18.2 Å². The fourth-order valence-electron chi connectivity index (χ4n) is 0.932. The molecule has 0 heterocycles.